The Morgan fingerprint density at radius 1 is 1.21 bits per heavy atom. The molecule has 4 heterocycles. The molecule has 29 heavy (non-hydrogen) atoms. The maximum atomic E-state index is 12.8. The largest absolute Gasteiger partial charge is 0.355 e. The summed E-state index contributed by atoms with van der Waals surface area (Å²) in [5.74, 6) is 0.922. The van der Waals surface area contributed by atoms with Crippen LogP contribution >= 0.6 is 22.7 Å². The van der Waals surface area contributed by atoms with Gasteiger partial charge in [0.1, 0.15) is 0 Å². The topological polar surface area (TPSA) is 95.0 Å². The monoisotopic (exact) mass is 427 g/mol. The summed E-state index contributed by atoms with van der Waals surface area (Å²) in [4.78, 5) is 27.0. The van der Waals surface area contributed by atoms with Gasteiger partial charge in [0.05, 0.1) is 16.3 Å². The minimum absolute atomic E-state index is 0.133. The Balaban J connectivity index is 1.27. The van der Waals surface area contributed by atoms with Crippen LogP contribution in [0.4, 0.5) is 0 Å². The lowest BCUT2D eigenvalue weighted by atomic mass is 10.3. The molecule has 1 aliphatic rings. The molecular weight excluding hydrogens is 410 g/mol. The van der Waals surface area contributed by atoms with Crippen molar-refractivity contribution < 1.29 is 9.32 Å². The average Bonchev–Trinajstić information content (AvgIpc) is 3.21. The summed E-state index contributed by atoms with van der Waals surface area (Å²) in [7, 11) is 0. The van der Waals surface area contributed by atoms with Crippen molar-refractivity contribution in [2.24, 2.45) is 0 Å². The lowest BCUT2D eigenvalue weighted by Gasteiger charge is -2.02. The van der Waals surface area contributed by atoms with Crippen LogP contribution in [0.1, 0.15) is 29.4 Å². The molecule has 5 rings (SSSR count). The van der Waals surface area contributed by atoms with E-state index in [9.17, 15) is 9.59 Å². The van der Waals surface area contributed by atoms with Crippen molar-refractivity contribution in [3.8, 4) is 21.3 Å². The molecule has 1 saturated carbocycles. The Morgan fingerprint density at radius 2 is 1.97 bits per heavy atom. The molecule has 0 spiro atoms. The molecular formula is C19H17N5O3S2. The van der Waals surface area contributed by atoms with Crippen LogP contribution in [0.25, 0.3) is 21.3 Å². The maximum absolute atomic E-state index is 12.8. The first-order valence-corrected chi connectivity index (χ1v) is 11.0. The van der Waals surface area contributed by atoms with E-state index in [1.807, 2.05) is 35.0 Å². The number of amides is 1. The molecule has 1 N–H and O–H groups in total. The normalized spacial score (nSPS) is 13.7. The van der Waals surface area contributed by atoms with Crippen molar-refractivity contribution >= 4 is 28.6 Å². The number of rotatable bonds is 7. The Hall–Kier alpha value is -2.98. The molecule has 1 amide bonds. The second-order valence-corrected chi connectivity index (χ2v) is 8.61. The van der Waals surface area contributed by atoms with E-state index in [0.29, 0.717) is 11.6 Å². The number of nitrogens with one attached hydrogen (secondary N) is 1. The smallest absolute Gasteiger partial charge is 0.346 e. The van der Waals surface area contributed by atoms with Crippen LogP contribution in [0.2, 0.25) is 0 Å². The van der Waals surface area contributed by atoms with Crippen molar-refractivity contribution in [1.29, 1.82) is 0 Å². The summed E-state index contributed by atoms with van der Waals surface area (Å²) in [5.41, 5.74) is 0.0788. The van der Waals surface area contributed by atoms with Gasteiger partial charge in [0, 0.05) is 18.7 Å². The average molecular weight is 428 g/mol. The highest BCUT2D eigenvalue weighted by molar-refractivity contribution is 7.13. The van der Waals surface area contributed by atoms with E-state index in [1.165, 1.54) is 16.0 Å². The summed E-state index contributed by atoms with van der Waals surface area (Å²) >= 11 is 3.08. The maximum Gasteiger partial charge on any atom is 0.346 e. The van der Waals surface area contributed by atoms with Crippen LogP contribution < -0.4 is 11.0 Å². The van der Waals surface area contributed by atoms with Crippen LogP contribution in [-0.2, 0) is 6.54 Å². The first-order valence-electron chi connectivity index (χ1n) is 9.23. The van der Waals surface area contributed by atoms with E-state index in [2.05, 4.69) is 15.6 Å². The van der Waals surface area contributed by atoms with Gasteiger partial charge in [-0.1, -0.05) is 17.3 Å². The Bertz CT molecular complexity index is 1180. The molecule has 0 unspecified atom stereocenters. The van der Waals surface area contributed by atoms with Gasteiger partial charge in [-0.15, -0.1) is 27.8 Å². The number of aromatic nitrogens is 4. The molecule has 0 bridgehead atoms. The lowest BCUT2D eigenvalue weighted by molar-refractivity contribution is 0.0943. The summed E-state index contributed by atoms with van der Waals surface area (Å²) in [6.45, 7) is 0.559. The number of thiophene rings is 2. The first-order chi connectivity index (χ1) is 14.2. The molecule has 1 fully saturated rings. The van der Waals surface area contributed by atoms with Crippen molar-refractivity contribution in [1.82, 2.24) is 24.8 Å². The third-order valence-electron chi connectivity index (χ3n) is 4.64. The minimum Gasteiger partial charge on any atom is -0.355 e. The van der Waals surface area contributed by atoms with Crippen LogP contribution in [0.5, 0.6) is 0 Å². The number of nitrogens with zero attached hydrogens (tertiary/aromatic N) is 4. The highest BCUT2D eigenvalue weighted by Crippen LogP contribution is 2.37. The summed E-state index contributed by atoms with van der Waals surface area (Å²) in [6.07, 6.45) is 2.00. The van der Waals surface area contributed by atoms with E-state index < -0.39 is 0 Å². The summed E-state index contributed by atoms with van der Waals surface area (Å²) in [5, 5.41) is 15.0. The van der Waals surface area contributed by atoms with Gasteiger partial charge in [0.15, 0.2) is 17.3 Å². The first kappa shape index (κ1) is 18.1. The van der Waals surface area contributed by atoms with E-state index in [0.717, 1.165) is 22.6 Å². The lowest BCUT2D eigenvalue weighted by Crippen LogP contribution is -2.32. The van der Waals surface area contributed by atoms with Crippen LogP contribution in [0.15, 0.2) is 50.4 Å². The van der Waals surface area contributed by atoms with Gasteiger partial charge in [-0.25, -0.2) is 9.48 Å². The van der Waals surface area contributed by atoms with Gasteiger partial charge >= 0.3 is 5.69 Å². The van der Waals surface area contributed by atoms with Crippen molar-refractivity contribution in [2.75, 3.05) is 6.54 Å². The fraction of sp³-hybridized carbons (Fsp3) is 0.263. The zero-order valence-electron chi connectivity index (χ0n) is 15.3. The Kier molecular flexibility index (Phi) is 4.64. The van der Waals surface area contributed by atoms with Crippen LogP contribution in [0.3, 0.4) is 0 Å². The minimum atomic E-state index is -0.343. The van der Waals surface area contributed by atoms with Crippen LogP contribution in [-0.4, -0.2) is 32.0 Å². The van der Waals surface area contributed by atoms with Gasteiger partial charge in [-0.2, -0.15) is 0 Å². The Morgan fingerprint density at radius 3 is 2.66 bits per heavy atom. The molecule has 10 heteroatoms. The van der Waals surface area contributed by atoms with E-state index in [1.54, 1.807) is 22.0 Å². The quantitative estimate of drug-likeness (QED) is 0.488. The molecule has 0 atom stereocenters. The zero-order chi connectivity index (χ0) is 19.8. The fourth-order valence-corrected chi connectivity index (χ4v) is 4.46. The van der Waals surface area contributed by atoms with Gasteiger partial charge < -0.3 is 9.84 Å². The number of hydrogen-bond donors (Lipinski definition) is 1. The van der Waals surface area contributed by atoms with Crippen molar-refractivity contribution in [2.45, 2.75) is 25.4 Å². The fourth-order valence-electron chi connectivity index (χ4n) is 3.08. The predicted molar refractivity (Wildman–Crippen MR) is 110 cm³/mol. The zero-order valence-corrected chi connectivity index (χ0v) is 16.9. The van der Waals surface area contributed by atoms with E-state index in [4.69, 9.17) is 4.52 Å². The number of hydrogen-bond acceptors (Lipinski definition) is 7. The molecule has 0 aliphatic heterocycles. The third kappa shape index (κ3) is 3.56. The Labute approximate surface area is 173 Å². The van der Waals surface area contributed by atoms with Crippen LogP contribution in [0, 0.1) is 0 Å². The molecule has 1 aliphatic carbocycles. The second kappa shape index (κ2) is 7.45. The number of carbonyl (C=O) groups excluding carboxylic acids is 1. The highest BCUT2D eigenvalue weighted by Gasteiger charge is 2.30. The molecule has 0 radical (unpaired) electrons. The number of carbonyl (C=O) groups is 1. The summed E-state index contributed by atoms with van der Waals surface area (Å²) in [6, 6.07) is 9.57. The molecule has 4 aromatic heterocycles. The van der Waals surface area contributed by atoms with Gasteiger partial charge in [-0.05, 0) is 35.7 Å². The van der Waals surface area contributed by atoms with Gasteiger partial charge in [0.25, 0.3) is 5.91 Å². The third-order valence-corrected chi connectivity index (χ3v) is 6.39. The molecule has 0 aromatic carbocycles. The second-order valence-electron chi connectivity index (χ2n) is 6.72. The highest BCUT2D eigenvalue weighted by atomic mass is 32.1. The SMILES string of the molecule is O=C(NCCn1nc(-c2cccs2)n(C2CC2)c1=O)c1cc(-c2cccs2)on1. The molecule has 8 nitrogen and oxygen atoms in total. The van der Waals surface area contributed by atoms with E-state index in [-0.39, 0.29) is 36.4 Å². The molecule has 4 aromatic rings. The van der Waals surface area contributed by atoms with Crippen molar-refractivity contribution in [3.63, 3.8) is 0 Å². The molecule has 148 valence electrons. The molecule has 0 saturated heterocycles. The summed E-state index contributed by atoms with van der Waals surface area (Å²) < 4.78 is 8.44. The van der Waals surface area contributed by atoms with Gasteiger partial charge in [-0.3, -0.25) is 9.36 Å². The predicted octanol–water partition coefficient (Wildman–Crippen LogP) is 3.25. The van der Waals surface area contributed by atoms with E-state index >= 15 is 0 Å². The van der Waals surface area contributed by atoms with Crippen molar-refractivity contribution in [3.05, 3.63) is 57.3 Å². The standard InChI is InChI=1S/C19H17N5O3S2/c25-18(13-11-14(27-22-13)15-3-1-9-28-15)20-7-8-23-19(26)24(12-5-6-12)17(21-23)16-4-2-10-29-16/h1-4,9-12H,5-8H2,(H,20,25). The van der Waals surface area contributed by atoms with Gasteiger partial charge in [0.2, 0.25) is 0 Å².